The molecule has 5 nitrogen and oxygen atoms in total. The topological polar surface area (TPSA) is 67.6 Å². The van der Waals surface area contributed by atoms with Crippen molar-refractivity contribution >= 4 is 23.1 Å². The minimum atomic E-state index is 0.0741. The van der Waals surface area contributed by atoms with Crippen LogP contribution in [-0.2, 0) is 9.53 Å². The number of likely N-dealkylation sites (tertiary alicyclic amines) is 1. The molecule has 2 aliphatic rings. The molecule has 102 valence electrons. The molecule has 0 aromatic carbocycles. The molecule has 0 saturated carbocycles. The van der Waals surface area contributed by atoms with E-state index in [1.165, 1.54) is 0 Å². The first-order valence-corrected chi connectivity index (χ1v) is 6.98. The monoisotopic (exact) mass is 271 g/mol. The van der Waals surface area contributed by atoms with E-state index in [9.17, 15) is 4.79 Å². The SMILES string of the molecule is NC(=S)C1CCCN1CC(=O)NC1CCOCC1. The van der Waals surface area contributed by atoms with Crippen LogP contribution in [0.1, 0.15) is 25.7 Å². The Balaban J connectivity index is 1.77. The van der Waals surface area contributed by atoms with E-state index in [4.69, 9.17) is 22.7 Å². The first kappa shape index (κ1) is 13.7. The number of ether oxygens (including phenoxy) is 1. The Bertz CT molecular complexity index is 318. The molecular weight excluding hydrogens is 250 g/mol. The Morgan fingerprint density at radius 2 is 2.11 bits per heavy atom. The Morgan fingerprint density at radius 3 is 2.78 bits per heavy atom. The summed E-state index contributed by atoms with van der Waals surface area (Å²) in [5.74, 6) is 0.0741. The fourth-order valence-electron chi connectivity index (χ4n) is 2.64. The summed E-state index contributed by atoms with van der Waals surface area (Å²) in [5.41, 5.74) is 5.69. The lowest BCUT2D eigenvalue weighted by atomic mass is 10.1. The van der Waals surface area contributed by atoms with Gasteiger partial charge in [-0.1, -0.05) is 12.2 Å². The number of nitrogens with zero attached hydrogens (tertiary/aromatic N) is 1. The summed E-state index contributed by atoms with van der Waals surface area (Å²) < 4.78 is 5.27. The number of hydrogen-bond acceptors (Lipinski definition) is 4. The van der Waals surface area contributed by atoms with Crippen LogP contribution in [0.15, 0.2) is 0 Å². The molecule has 0 spiro atoms. The van der Waals surface area contributed by atoms with Crippen LogP contribution in [0, 0.1) is 0 Å². The van der Waals surface area contributed by atoms with Gasteiger partial charge in [-0.3, -0.25) is 9.69 Å². The molecule has 18 heavy (non-hydrogen) atoms. The van der Waals surface area contributed by atoms with E-state index in [-0.39, 0.29) is 18.0 Å². The normalized spacial score (nSPS) is 26.1. The van der Waals surface area contributed by atoms with Gasteiger partial charge in [-0.05, 0) is 32.2 Å². The third kappa shape index (κ3) is 3.63. The van der Waals surface area contributed by atoms with Crippen molar-refractivity contribution < 1.29 is 9.53 Å². The van der Waals surface area contributed by atoms with Gasteiger partial charge >= 0.3 is 0 Å². The van der Waals surface area contributed by atoms with Crippen molar-refractivity contribution in [1.29, 1.82) is 0 Å². The van der Waals surface area contributed by atoms with Gasteiger partial charge in [-0.15, -0.1) is 0 Å². The van der Waals surface area contributed by atoms with E-state index in [1.54, 1.807) is 0 Å². The van der Waals surface area contributed by atoms with Crippen molar-refractivity contribution in [2.75, 3.05) is 26.3 Å². The summed E-state index contributed by atoms with van der Waals surface area (Å²) in [6.45, 7) is 2.79. The van der Waals surface area contributed by atoms with Gasteiger partial charge in [0.05, 0.1) is 17.6 Å². The highest BCUT2D eigenvalue weighted by atomic mass is 32.1. The van der Waals surface area contributed by atoms with Crippen LogP contribution in [0.2, 0.25) is 0 Å². The minimum absolute atomic E-state index is 0.0741. The van der Waals surface area contributed by atoms with Crippen LogP contribution in [0.4, 0.5) is 0 Å². The maximum atomic E-state index is 12.0. The van der Waals surface area contributed by atoms with Gasteiger partial charge in [-0.25, -0.2) is 0 Å². The lowest BCUT2D eigenvalue weighted by Crippen LogP contribution is -2.47. The highest BCUT2D eigenvalue weighted by Crippen LogP contribution is 2.17. The van der Waals surface area contributed by atoms with Gasteiger partial charge < -0.3 is 15.8 Å². The first-order valence-electron chi connectivity index (χ1n) is 6.57. The molecule has 2 fully saturated rings. The zero-order chi connectivity index (χ0) is 13.0. The minimum Gasteiger partial charge on any atom is -0.392 e. The Hall–Kier alpha value is -0.720. The summed E-state index contributed by atoms with van der Waals surface area (Å²) in [7, 11) is 0. The second kappa shape index (κ2) is 6.45. The average Bonchev–Trinajstić information content (AvgIpc) is 2.78. The molecule has 0 radical (unpaired) electrons. The van der Waals surface area contributed by atoms with Crippen LogP contribution in [0.25, 0.3) is 0 Å². The lowest BCUT2D eigenvalue weighted by Gasteiger charge is -2.26. The molecule has 0 aromatic rings. The molecule has 0 aromatic heterocycles. The predicted molar refractivity (Wildman–Crippen MR) is 73.4 cm³/mol. The van der Waals surface area contributed by atoms with Gasteiger partial charge in [-0.2, -0.15) is 0 Å². The third-order valence-corrected chi connectivity index (χ3v) is 3.90. The van der Waals surface area contributed by atoms with Crippen molar-refractivity contribution in [3.8, 4) is 0 Å². The highest BCUT2D eigenvalue weighted by Gasteiger charge is 2.28. The fourth-order valence-corrected chi connectivity index (χ4v) is 2.90. The van der Waals surface area contributed by atoms with Crippen LogP contribution in [0.3, 0.4) is 0 Å². The number of rotatable bonds is 4. The van der Waals surface area contributed by atoms with E-state index in [0.717, 1.165) is 45.4 Å². The fraction of sp³-hybridized carbons (Fsp3) is 0.833. The number of carbonyl (C=O) groups is 1. The summed E-state index contributed by atoms with van der Waals surface area (Å²) in [4.78, 5) is 14.5. The molecular formula is C12H21N3O2S. The number of thiocarbonyl (C=S) groups is 1. The highest BCUT2D eigenvalue weighted by molar-refractivity contribution is 7.80. The van der Waals surface area contributed by atoms with Gasteiger partial charge in [0.25, 0.3) is 0 Å². The van der Waals surface area contributed by atoms with E-state index in [0.29, 0.717) is 11.5 Å². The van der Waals surface area contributed by atoms with Crippen molar-refractivity contribution in [1.82, 2.24) is 10.2 Å². The third-order valence-electron chi connectivity index (χ3n) is 3.63. The maximum Gasteiger partial charge on any atom is 0.234 e. The Morgan fingerprint density at radius 1 is 1.39 bits per heavy atom. The molecule has 1 atom stereocenters. The van der Waals surface area contributed by atoms with Crippen molar-refractivity contribution in [3.63, 3.8) is 0 Å². The van der Waals surface area contributed by atoms with Crippen LogP contribution < -0.4 is 11.1 Å². The smallest absolute Gasteiger partial charge is 0.234 e. The molecule has 3 N–H and O–H groups in total. The molecule has 2 heterocycles. The summed E-state index contributed by atoms with van der Waals surface area (Å²) in [6, 6.07) is 0.359. The molecule has 1 amide bonds. The Labute approximate surface area is 113 Å². The van der Waals surface area contributed by atoms with E-state index >= 15 is 0 Å². The quantitative estimate of drug-likeness (QED) is 0.706. The van der Waals surface area contributed by atoms with E-state index in [2.05, 4.69) is 10.2 Å². The second-order valence-electron chi connectivity index (χ2n) is 4.99. The summed E-state index contributed by atoms with van der Waals surface area (Å²) >= 11 is 5.03. The molecule has 2 rings (SSSR count). The number of hydrogen-bond donors (Lipinski definition) is 2. The van der Waals surface area contributed by atoms with Crippen molar-refractivity contribution in [2.45, 2.75) is 37.8 Å². The molecule has 0 aliphatic carbocycles. The molecule has 1 unspecified atom stereocenters. The second-order valence-corrected chi connectivity index (χ2v) is 5.46. The molecule has 0 bridgehead atoms. The predicted octanol–water partition coefficient (Wildman–Crippen LogP) is 0.0321. The Kier molecular flexibility index (Phi) is 4.91. The molecule has 2 saturated heterocycles. The van der Waals surface area contributed by atoms with Crippen molar-refractivity contribution in [3.05, 3.63) is 0 Å². The first-order chi connectivity index (χ1) is 8.66. The van der Waals surface area contributed by atoms with E-state index < -0.39 is 0 Å². The number of carbonyl (C=O) groups excluding carboxylic acids is 1. The standard InChI is InChI=1S/C12H21N3O2S/c13-12(18)10-2-1-5-15(10)8-11(16)14-9-3-6-17-7-4-9/h9-10H,1-8H2,(H2,13,18)(H,14,16). The maximum absolute atomic E-state index is 12.0. The molecule has 2 aliphatic heterocycles. The van der Waals surface area contributed by atoms with E-state index in [1.807, 2.05) is 0 Å². The van der Waals surface area contributed by atoms with Crippen molar-refractivity contribution in [2.24, 2.45) is 5.73 Å². The lowest BCUT2D eigenvalue weighted by molar-refractivity contribution is -0.123. The molecule has 6 heteroatoms. The average molecular weight is 271 g/mol. The zero-order valence-electron chi connectivity index (χ0n) is 10.6. The largest absolute Gasteiger partial charge is 0.392 e. The van der Waals surface area contributed by atoms with Gasteiger partial charge in [0.2, 0.25) is 5.91 Å². The number of nitrogens with two attached hydrogens (primary N) is 1. The van der Waals surface area contributed by atoms with Gasteiger partial charge in [0.15, 0.2) is 0 Å². The van der Waals surface area contributed by atoms with Gasteiger partial charge in [0.1, 0.15) is 0 Å². The number of nitrogens with one attached hydrogen (secondary N) is 1. The van der Waals surface area contributed by atoms with Gasteiger partial charge in [0, 0.05) is 19.3 Å². The summed E-state index contributed by atoms with van der Waals surface area (Å²) in [5, 5.41) is 3.06. The van der Waals surface area contributed by atoms with Crippen LogP contribution >= 0.6 is 12.2 Å². The van der Waals surface area contributed by atoms with Crippen LogP contribution in [-0.4, -0.2) is 54.2 Å². The number of amides is 1. The van der Waals surface area contributed by atoms with Crippen LogP contribution in [0.5, 0.6) is 0 Å². The summed E-state index contributed by atoms with van der Waals surface area (Å²) in [6.07, 6.45) is 3.85. The zero-order valence-corrected chi connectivity index (χ0v) is 11.4.